The van der Waals surface area contributed by atoms with Gasteiger partial charge < -0.3 is 96.5 Å². The predicted molar refractivity (Wildman–Crippen MR) is 371 cm³/mol. The lowest BCUT2D eigenvalue weighted by molar-refractivity contribution is -0.142. The number of ether oxygens (including phenoxy) is 9. The van der Waals surface area contributed by atoms with Gasteiger partial charge in [-0.25, -0.2) is 21.0 Å². The van der Waals surface area contributed by atoms with Crippen molar-refractivity contribution >= 4 is 41.2 Å². The van der Waals surface area contributed by atoms with Crippen LogP contribution in [0.5, 0.6) is 18.0 Å². The SMILES string of the molecule is Cc1cc(C(F)(F)F)nc(OCc2cn(CCOCCOCCNC(=O)CCC(CCC(=O)NCCOCCOCCN/C=C(/COc3nc(N)cc(C(F)(F)F)n3)N=N)(CCC(=O)NCCOCCOCCN(N)/C=C(\N)COc3nc(N)cc(C(F)(F)F)n3)NC(=O)CCCCCCCCCCC(=O)O)nn2)n1. The van der Waals surface area contributed by atoms with Crippen molar-refractivity contribution in [3.05, 3.63) is 76.7 Å². The van der Waals surface area contributed by atoms with Crippen molar-refractivity contribution in [1.82, 2.24) is 76.5 Å². The highest BCUT2D eigenvalue weighted by atomic mass is 19.4. The molecule has 0 radical (unpaired) electrons. The largest absolute Gasteiger partial charge is 0.481 e. The number of amides is 4. The molecule has 1 atom stereocenters. The van der Waals surface area contributed by atoms with Gasteiger partial charge in [-0.15, -0.1) is 5.10 Å². The first-order valence-corrected chi connectivity index (χ1v) is 35.1. The van der Waals surface area contributed by atoms with Crippen molar-refractivity contribution in [1.29, 1.82) is 5.53 Å². The van der Waals surface area contributed by atoms with Crippen LogP contribution in [0.1, 0.15) is 131 Å². The second-order valence-corrected chi connectivity index (χ2v) is 24.3. The van der Waals surface area contributed by atoms with Crippen LogP contribution in [0.25, 0.3) is 0 Å². The Bertz CT molecular complexity index is 3480. The van der Waals surface area contributed by atoms with Gasteiger partial charge in [0.2, 0.25) is 23.6 Å². The number of hydrogen-bond acceptors (Lipinski definition) is 30. The fraction of sp³-hybridized carbons (Fsp3) is 0.646. The molecule has 0 saturated heterocycles. The molecule has 4 aromatic heterocycles. The van der Waals surface area contributed by atoms with Crippen LogP contribution in [-0.4, -0.2) is 215 Å². The lowest BCUT2D eigenvalue weighted by atomic mass is 9.82. The van der Waals surface area contributed by atoms with E-state index in [1.807, 2.05) is 0 Å². The number of hydrogen-bond donors (Lipinski definition) is 11. The highest BCUT2D eigenvalue weighted by molar-refractivity contribution is 5.80. The van der Waals surface area contributed by atoms with Gasteiger partial charge in [-0.2, -0.15) is 69.5 Å². The van der Waals surface area contributed by atoms with Gasteiger partial charge in [0.15, 0.2) is 17.1 Å². The average Bonchev–Trinajstić information content (AvgIpc) is 0.979. The van der Waals surface area contributed by atoms with E-state index in [-0.39, 0.29) is 200 Å². The highest BCUT2D eigenvalue weighted by Gasteiger charge is 2.37. The van der Waals surface area contributed by atoms with Gasteiger partial charge in [0, 0.05) is 94.0 Å². The van der Waals surface area contributed by atoms with Crippen molar-refractivity contribution in [3.8, 4) is 18.0 Å². The van der Waals surface area contributed by atoms with Crippen molar-refractivity contribution in [2.24, 2.45) is 16.7 Å². The van der Waals surface area contributed by atoms with Crippen LogP contribution in [0.3, 0.4) is 0 Å². The molecule has 4 aromatic rings. The zero-order valence-corrected chi connectivity index (χ0v) is 60.9. The smallest absolute Gasteiger partial charge is 0.433 e. The van der Waals surface area contributed by atoms with E-state index in [4.69, 9.17) is 76.3 Å². The number of carboxylic acid groups (broad SMARTS) is 1. The number of anilines is 2. The minimum atomic E-state index is -4.79. The van der Waals surface area contributed by atoms with E-state index in [9.17, 15) is 63.5 Å². The number of rotatable bonds is 60. The summed E-state index contributed by atoms with van der Waals surface area (Å²) >= 11 is 0. The molecule has 0 saturated carbocycles. The van der Waals surface area contributed by atoms with Crippen LogP contribution in [0.2, 0.25) is 0 Å². The number of hydrazine groups is 1. The summed E-state index contributed by atoms with van der Waals surface area (Å²) < 4.78 is 169. The first-order chi connectivity index (χ1) is 52.4. The maximum Gasteiger partial charge on any atom is 0.433 e. The van der Waals surface area contributed by atoms with E-state index < -0.39 is 108 Å². The zero-order valence-electron chi connectivity index (χ0n) is 60.9. The van der Waals surface area contributed by atoms with E-state index in [1.165, 1.54) is 30.2 Å². The molecule has 15 N–H and O–H groups in total. The van der Waals surface area contributed by atoms with E-state index in [1.54, 1.807) is 0 Å². The molecule has 0 fully saturated rings. The van der Waals surface area contributed by atoms with Crippen LogP contribution in [0, 0.1) is 12.5 Å². The third kappa shape index (κ3) is 42.3. The van der Waals surface area contributed by atoms with Gasteiger partial charge in [-0.3, -0.25) is 24.0 Å². The number of unbranched alkanes of at least 4 members (excludes halogenated alkanes) is 7. The van der Waals surface area contributed by atoms with Gasteiger partial charge in [0.05, 0.1) is 104 Å². The third-order valence-corrected chi connectivity index (χ3v) is 15.2. The number of carbonyl (C=O) groups is 5. The van der Waals surface area contributed by atoms with Crippen molar-refractivity contribution < 1.29 is 111 Å². The summed E-state index contributed by atoms with van der Waals surface area (Å²) in [6.07, 6.45) is -4.15. The van der Waals surface area contributed by atoms with Crippen LogP contribution in [-0.2, 0) is 84.1 Å². The molecule has 4 rings (SSSR count). The number of nitrogen functional groups attached to an aromatic ring is 2. The monoisotopic (exact) mass is 1580 g/mol. The number of carboxylic acids is 1. The highest BCUT2D eigenvalue weighted by Crippen LogP contribution is 2.32. The molecule has 0 aromatic carbocycles. The molecule has 0 aliphatic heterocycles. The number of aromatic nitrogens is 9. The van der Waals surface area contributed by atoms with E-state index in [0.717, 1.165) is 49.6 Å². The molecule has 110 heavy (non-hydrogen) atoms. The van der Waals surface area contributed by atoms with Gasteiger partial charge in [-0.1, -0.05) is 43.7 Å². The lowest BCUT2D eigenvalue weighted by Gasteiger charge is -2.35. The number of aryl methyl sites for hydroxylation is 1. The van der Waals surface area contributed by atoms with Crippen molar-refractivity contribution in [2.45, 2.75) is 147 Å². The molecule has 0 aliphatic carbocycles. The summed E-state index contributed by atoms with van der Waals surface area (Å²) in [4.78, 5) is 86.4. The standard InChI is InChI=1S/C65H98F9N21O15/c1-45-36-49(63(66,67)68)85-59(84-45)110-44-48-41-95(93-92-48)23-29-107-35-33-105-27-21-83-56(98)14-17-62(90-57(99)10-8-6-4-2-3-5-7-9-11-58(100)101,15-12-54(96)81-19-25-103-31-30-102-24-18-80-39-47(91-78)43-109-61-87-51(65(72,73)74)38-53(77)89-61)16-13-55(97)82-20-26-104-32-34-106-28-22-94(79)40-46(75)42-108-60-86-50(64(69,70)71)37-52(76)88-60/h36-41,78,80H,2-35,42-44,75,79H2,1H3,(H,81,96)(H,82,97)(H,83,98)(H,90,99)(H,100,101)(H2,76,86,88)(H2,77,87,89)/b46-40-,47-39-,91-78?. The molecular formula is C65H98F9N21O15. The van der Waals surface area contributed by atoms with Crippen molar-refractivity contribution in [2.75, 3.05) is 137 Å². The molecular weight excluding hydrogens is 1490 g/mol. The Kier molecular flexibility index (Phi) is 42.9. The summed E-state index contributed by atoms with van der Waals surface area (Å²) in [5.74, 6) is 2.59. The summed E-state index contributed by atoms with van der Waals surface area (Å²) in [6, 6.07) is 0.155. The number of carbonyl (C=O) groups excluding carboxylic acids is 4. The lowest BCUT2D eigenvalue weighted by Crippen LogP contribution is -2.50. The number of nitrogens with two attached hydrogens (primary N) is 4. The Morgan fingerprint density at radius 2 is 0.991 bits per heavy atom. The Hall–Kier alpha value is -9.70. The van der Waals surface area contributed by atoms with Crippen LogP contribution < -0.4 is 63.8 Å². The van der Waals surface area contributed by atoms with E-state index in [0.29, 0.717) is 30.7 Å². The fourth-order valence-corrected chi connectivity index (χ4v) is 9.69. The third-order valence-electron chi connectivity index (χ3n) is 15.2. The van der Waals surface area contributed by atoms with Crippen LogP contribution in [0.15, 0.2) is 53.3 Å². The predicted octanol–water partition coefficient (Wildman–Crippen LogP) is 4.98. The number of halogens is 9. The Morgan fingerprint density at radius 3 is 1.47 bits per heavy atom. The van der Waals surface area contributed by atoms with E-state index >= 15 is 0 Å². The number of nitrogens with zero attached hydrogens (tertiary/aromatic N) is 11. The second kappa shape index (κ2) is 50.9. The first-order valence-electron chi connectivity index (χ1n) is 35.1. The minimum absolute atomic E-state index is 0.00928. The zero-order chi connectivity index (χ0) is 80.6. The van der Waals surface area contributed by atoms with Gasteiger partial charge in [-0.05, 0) is 45.1 Å². The molecule has 0 aliphatic rings. The maximum absolute atomic E-state index is 13.9. The van der Waals surface area contributed by atoms with Gasteiger partial charge >= 0.3 is 42.5 Å². The minimum Gasteiger partial charge on any atom is -0.481 e. The number of nitrogens with one attached hydrogen (secondary N) is 6. The summed E-state index contributed by atoms with van der Waals surface area (Å²) in [5, 5.41) is 35.6. The number of alkyl halides is 9. The Labute approximate surface area is 627 Å². The summed E-state index contributed by atoms with van der Waals surface area (Å²) in [7, 11) is 0. The average molecular weight is 1580 g/mol. The molecule has 616 valence electrons. The summed E-state index contributed by atoms with van der Waals surface area (Å²) in [5.41, 5.74) is 19.5. The molecule has 4 heterocycles. The van der Waals surface area contributed by atoms with Crippen molar-refractivity contribution in [3.63, 3.8) is 0 Å². The maximum atomic E-state index is 13.9. The molecule has 36 nitrogen and oxygen atoms in total. The number of aliphatic carboxylic acids is 1. The molecule has 0 spiro atoms. The molecule has 45 heteroatoms. The quantitative estimate of drug-likeness (QED) is 0.00912. The van der Waals surface area contributed by atoms with Crippen LogP contribution in [0.4, 0.5) is 51.1 Å². The first kappa shape index (κ1) is 92.7. The normalized spacial score (nSPS) is 12.6. The van der Waals surface area contributed by atoms with Gasteiger partial charge in [0.25, 0.3) is 0 Å². The van der Waals surface area contributed by atoms with E-state index in [2.05, 4.69) is 71.9 Å². The Morgan fingerprint density at radius 1 is 0.555 bits per heavy atom. The van der Waals surface area contributed by atoms with Gasteiger partial charge in [0.1, 0.15) is 42.8 Å². The van der Waals surface area contributed by atoms with Crippen LogP contribution >= 0.6 is 0 Å². The topological polar surface area (TPSA) is 500 Å². The fourth-order valence-electron chi connectivity index (χ4n) is 9.69. The summed E-state index contributed by atoms with van der Waals surface area (Å²) in [6.45, 7) is 2.71. The second-order valence-electron chi connectivity index (χ2n) is 24.3. The molecule has 1 unspecified atom stereocenters. The molecule has 4 amide bonds. The Balaban J connectivity index is 1.28. The molecule has 0 bridgehead atoms.